The number of benzene rings is 1. The summed E-state index contributed by atoms with van der Waals surface area (Å²) in [5, 5.41) is 0. The molecule has 0 bridgehead atoms. The van der Waals surface area contributed by atoms with Crippen molar-refractivity contribution >= 4 is 43.9 Å². The number of hydrogen-bond acceptors (Lipinski definition) is 3. The number of carbonyl (C=O) groups is 1. The van der Waals surface area contributed by atoms with E-state index in [0.717, 1.165) is 14.5 Å². The van der Waals surface area contributed by atoms with Gasteiger partial charge in [-0.25, -0.2) is 4.79 Å². The number of hydrogen-bond donors (Lipinski definition) is 0. The average molecular weight is 350 g/mol. The molecule has 0 fully saturated rings. The molecule has 0 saturated heterocycles. The summed E-state index contributed by atoms with van der Waals surface area (Å²) in [6.45, 7) is 0. The minimum atomic E-state index is -0.404. The molecule has 1 aromatic carbocycles. The molecular weight excluding hydrogens is 340 g/mol. The van der Waals surface area contributed by atoms with E-state index >= 15 is 0 Å². The maximum atomic E-state index is 11.0. The standard InChI is InChI=1S/C11H10Br2O3/c1-15-10(14)4-3-7-5-8(12)6-9(13)11(7)16-2/h3-6H,1-2H3/b4-3+. The molecule has 16 heavy (non-hydrogen) atoms. The smallest absolute Gasteiger partial charge is 0.330 e. The van der Waals surface area contributed by atoms with E-state index in [1.807, 2.05) is 12.1 Å². The maximum Gasteiger partial charge on any atom is 0.330 e. The Bertz CT molecular complexity index is 427. The Morgan fingerprint density at radius 1 is 1.31 bits per heavy atom. The Balaban J connectivity index is 3.11. The van der Waals surface area contributed by atoms with Gasteiger partial charge in [0.15, 0.2) is 0 Å². The highest BCUT2D eigenvalue weighted by molar-refractivity contribution is 9.11. The molecule has 0 N–H and O–H groups in total. The van der Waals surface area contributed by atoms with E-state index in [0.29, 0.717) is 5.75 Å². The van der Waals surface area contributed by atoms with Crippen molar-refractivity contribution in [2.45, 2.75) is 0 Å². The molecular formula is C11H10Br2O3. The first-order chi connectivity index (χ1) is 7.58. The second kappa shape index (κ2) is 6.06. The summed E-state index contributed by atoms with van der Waals surface area (Å²) in [5.74, 6) is 0.265. The molecule has 1 rings (SSSR count). The van der Waals surface area contributed by atoms with Gasteiger partial charge in [0.25, 0.3) is 0 Å². The molecule has 0 aliphatic carbocycles. The van der Waals surface area contributed by atoms with Gasteiger partial charge in [-0.3, -0.25) is 0 Å². The lowest BCUT2D eigenvalue weighted by Gasteiger charge is -2.07. The molecule has 0 aliphatic heterocycles. The first kappa shape index (κ1) is 13.3. The highest BCUT2D eigenvalue weighted by atomic mass is 79.9. The first-order valence-electron chi connectivity index (χ1n) is 4.37. The summed E-state index contributed by atoms with van der Waals surface area (Å²) >= 11 is 6.74. The van der Waals surface area contributed by atoms with E-state index < -0.39 is 5.97 Å². The Morgan fingerprint density at radius 2 is 2.00 bits per heavy atom. The lowest BCUT2D eigenvalue weighted by Crippen LogP contribution is -1.94. The Hall–Kier alpha value is -0.810. The molecule has 1 aromatic rings. The van der Waals surface area contributed by atoms with Gasteiger partial charge in [0.1, 0.15) is 5.75 Å². The zero-order valence-corrected chi connectivity index (χ0v) is 12.0. The van der Waals surface area contributed by atoms with Crippen LogP contribution >= 0.6 is 31.9 Å². The molecule has 0 saturated carbocycles. The Labute approximate surface area is 111 Å². The topological polar surface area (TPSA) is 35.5 Å². The van der Waals surface area contributed by atoms with Crippen molar-refractivity contribution < 1.29 is 14.3 Å². The van der Waals surface area contributed by atoms with Crippen LogP contribution in [0.3, 0.4) is 0 Å². The Morgan fingerprint density at radius 3 is 2.56 bits per heavy atom. The summed E-state index contributed by atoms with van der Waals surface area (Å²) in [6.07, 6.45) is 2.98. The van der Waals surface area contributed by atoms with Gasteiger partial charge in [0.2, 0.25) is 0 Å². The van der Waals surface area contributed by atoms with Crippen LogP contribution in [0.5, 0.6) is 5.75 Å². The molecule has 86 valence electrons. The molecule has 0 aliphatic rings. The van der Waals surface area contributed by atoms with Crippen LogP contribution in [0, 0.1) is 0 Å². The van der Waals surface area contributed by atoms with Crippen molar-refractivity contribution in [1.29, 1.82) is 0 Å². The largest absolute Gasteiger partial charge is 0.495 e. The predicted octanol–water partition coefficient (Wildman–Crippen LogP) is 3.41. The van der Waals surface area contributed by atoms with Crippen LogP contribution in [-0.4, -0.2) is 20.2 Å². The monoisotopic (exact) mass is 348 g/mol. The zero-order chi connectivity index (χ0) is 12.1. The van der Waals surface area contributed by atoms with E-state index in [4.69, 9.17) is 4.74 Å². The van der Waals surface area contributed by atoms with E-state index in [1.165, 1.54) is 13.2 Å². The number of methoxy groups -OCH3 is 2. The fourth-order valence-electron chi connectivity index (χ4n) is 1.15. The third-order valence-electron chi connectivity index (χ3n) is 1.84. The van der Waals surface area contributed by atoms with Gasteiger partial charge in [-0.15, -0.1) is 0 Å². The molecule has 0 spiro atoms. The van der Waals surface area contributed by atoms with E-state index in [1.54, 1.807) is 13.2 Å². The predicted molar refractivity (Wildman–Crippen MR) is 69.4 cm³/mol. The van der Waals surface area contributed by atoms with Gasteiger partial charge >= 0.3 is 5.97 Å². The number of halogens is 2. The van der Waals surface area contributed by atoms with Crippen molar-refractivity contribution in [3.63, 3.8) is 0 Å². The lowest BCUT2D eigenvalue weighted by molar-refractivity contribution is -0.134. The molecule has 0 atom stereocenters. The average Bonchev–Trinajstić information content (AvgIpc) is 2.25. The minimum absolute atomic E-state index is 0.404. The van der Waals surface area contributed by atoms with Crippen molar-refractivity contribution in [3.8, 4) is 5.75 Å². The number of carbonyl (C=O) groups excluding carboxylic acids is 1. The summed E-state index contributed by atoms with van der Waals surface area (Å²) in [7, 11) is 2.91. The van der Waals surface area contributed by atoms with Gasteiger partial charge in [-0.1, -0.05) is 15.9 Å². The quantitative estimate of drug-likeness (QED) is 0.619. The lowest BCUT2D eigenvalue weighted by atomic mass is 10.2. The van der Waals surface area contributed by atoms with Gasteiger partial charge in [0.05, 0.1) is 18.7 Å². The third-order valence-corrected chi connectivity index (χ3v) is 2.89. The van der Waals surface area contributed by atoms with Crippen LogP contribution in [0.1, 0.15) is 5.56 Å². The van der Waals surface area contributed by atoms with E-state index in [2.05, 4.69) is 36.6 Å². The normalized spacial score (nSPS) is 10.5. The summed E-state index contributed by atoms with van der Waals surface area (Å²) in [5.41, 5.74) is 0.786. The second-order valence-electron chi connectivity index (χ2n) is 2.87. The van der Waals surface area contributed by atoms with Crippen LogP contribution in [0.2, 0.25) is 0 Å². The van der Waals surface area contributed by atoms with E-state index in [9.17, 15) is 4.79 Å². The first-order valence-corrected chi connectivity index (χ1v) is 5.96. The maximum absolute atomic E-state index is 11.0. The van der Waals surface area contributed by atoms with Crippen LogP contribution in [0.4, 0.5) is 0 Å². The molecule has 0 aromatic heterocycles. The molecule has 3 nitrogen and oxygen atoms in total. The minimum Gasteiger partial charge on any atom is -0.495 e. The number of esters is 1. The zero-order valence-electron chi connectivity index (χ0n) is 8.79. The summed E-state index contributed by atoms with van der Waals surface area (Å²) < 4.78 is 11.4. The van der Waals surface area contributed by atoms with Crippen LogP contribution in [-0.2, 0) is 9.53 Å². The van der Waals surface area contributed by atoms with E-state index in [-0.39, 0.29) is 0 Å². The number of rotatable bonds is 3. The Kier molecular flexibility index (Phi) is 5.02. The SMILES string of the molecule is COC(=O)/C=C/c1cc(Br)cc(Br)c1OC. The summed E-state index contributed by atoms with van der Waals surface area (Å²) in [4.78, 5) is 11.0. The highest BCUT2D eigenvalue weighted by Gasteiger charge is 2.07. The fourth-order valence-corrected chi connectivity index (χ4v) is 2.57. The van der Waals surface area contributed by atoms with Gasteiger partial charge < -0.3 is 9.47 Å². The van der Waals surface area contributed by atoms with Crippen molar-refractivity contribution in [2.75, 3.05) is 14.2 Å². The molecule has 0 amide bonds. The van der Waals surface area contributed by atoms with Gasteiger partial charge in [-0.2, -0.15) is 0 Å². The van der Waals surface area contributed by atoms with Crippen molar-refractivity contribution in [1.82, 2.24) is 0 Å². The second-order valence-corrected chi connectivity index (χ2v) is 4.64. The van der Waals surface area contributed by atoms with Gasteiger partial charge in [0, 0.05) is 16.1 Å². The number of ether oxygens (including phenoxy) is 2. The van der Waals surface area contributed by atoms with Crippen LogP contribution < -0.4 is 4.74 Å². The summed E-state index contributed by atoms with van der Waals surface area (Å²) in [6, 6.07) is 3.72. The van der Waals surface area contributed by atoms with Crippen LogP contribution in [0.15, 0.2) is 27.2 Å². The molecule has 5 heteroatoms. The van der Waals surface area contributed by atoms with Gasteiger partial charge in [-0.05, 0) is 34.1 Å². The molecule has 0 unspecified atom stereocenters. The third kappa shape index (κ3) is 3.35. The van der Waals surface area contributed by atoms with Crippen molar-refractivity contribution in [2.24, 2.45) is 0 Å². The fraction of sp³-hybridized carbons (Fsp3) is 0.182. The molecule has 0 radical (unpaired) electrons. The van der Waals surface area contributed by atoms with Crippen molar-refractivity contribution in [3.05, 3.63) is 32.7 Å². The highest BCUT2D eigenvalue weighted by Crippen LogP contribution is 2.33. The van der Waals surface area contributed by atoms with Crippen LogP contribution in [0.25, 0.3) is 6.08 Å². The molecule has 0 heterocycles.